The number of hydrogen-bond acceptors (Lipinski definition) is 9. The summed E-state index contributed by atoms with van der Waals surface area (Å²) in [5.41, 5.74) is 2.09. The normalized spacial score (nSPS) is 13.3. The third-order valence-corrected chi connectivity index (χ3v) is 9.32. The first-order valence-corrected chi connectivity index (χ1v) is 17.2. The van der Waals surface area contributed by atoms with Gasteiger partial charge in [-0.05, 0) is 104 Å². The fourth-order valence-electron chi connectivity index (χ4n) is 6.56. The molecule has 6 aromatic carbocycles. The molecule has 2 N–H and O–H groups in total. The van der Waals surface area contributed by atoms with E-state index in [1.54, 1.807) is 61.6 Å². The number of Topliss-reactive ketones (excluding diaryl/α,β-unsaturated/α-hetero) is 1. The van der Waals surface area contributed by atoms with Crippen molar-refractivity contribution in [3.8, 4) is 23.0 Å². The Morgan fingerprint density at radius 1 is 0.564 bits per heavy atom. The van der Waals surface area contributed by atoms with E-state index in [-0.39, 0.29) is 46.2 Å². The summed E-state index contributed by atoms with van der Waals surface area (Å²) in [7, 11) is 1.69. The van der Waals surface area contributed by atoms with Gasteiger partial charge in [0, 0.05) is 22.6 Å². The summed E-state index contributed by atoms with van der Waals surface area (Å²) in [6.07, 6.45) is 0. The summed E-state index contributed by atoms with van der Waals surface area (Å²) >= 11 is 0. The highest BCUT2D eigenvalue weighted by atomic mass is 16.5. The first-order valence-electron chi connectivity index (χ1n) is 17.2. The Bertz CT molecular complexity index is 2620. The van der Waals surface area contributed by atoms with Gasteiger partial charge in [0.1, 0.15) is 23.0 Å². The highest BCUT2D eigenvalue weighted by molar-refractivity contribution is 6.35. The molecule has 0 atom stereocenters. The molecule has 12 heteroatoms. The van der Waals surface area contributed by atoms with Crippen LogP contribution in [0.15, 0.2) is 121 Å². The molecule has 12 nitrogen and oxygen atoms in total. The summed E-state index contributed by atoms with van der Waals surface area (Å²) in [5.74, 6) is -0.764. The van der Waals surface area contributed by atoms with Crippen LogP contribution in [0.3, 0.4) is 0 Å². The second-order valence-corrected chi connectivity index (χ2v) is 12.8. The summed E-state index contributed by atoms with van der Waals surface area (Å²) < 4.78 is 12.5. The Balaban J connectivity index is 0.996. The summed E-state index contributed by atoms with van der Waals surface area (Å²) in [6, 6.07) is 33.1. The zero-order valence-corrected chi connectivity index (χ0v) is 29.4. The molecular weight excluding hydrogens is 700 g/mol. The Kier molecular flexibility index (Phi) is 8.72. The van der Waals surface area contributed by atoms with Crippen molar-refractivity contribution >= 4 is 57.5 Å². The van der Waals surface area contributed by atoms with E-state index in [2.05, 4.69) is 10.6 Å². The number of carbonyl (C=O) groups is 6. The number of fused-ring (bicyclic) bond motifs is 3. The van der Waals surface area contributed by atoms with Gasteiger partial charge in [-0.15, -0.1) is 0 Å². The molecule has 2 aliphatic rings. The molecule has 0 unspecified atom stereocenters. The van der Waals surface area contributed by atoms with Crippen molar-refractivity contribution in [1.29, 1.82) is 0 Å². The molecule has 0 aromatic heterocycles. The maximum atomic E-state index is 13.4. The van der Waals surface area contributed by atoms with Gasteiger partial charge in [0.05, 0.1) is 40.3 Å². The predicted molar refractivity (Wildman–Crippen MR) is 204 cm³/mol. The van der Waals surface area contributed by atoms with Crippen molar-refractivity contribution in [2.45, 2.75) is 6.92 Å². The molecule has 2 heterocycles. The number of benzene rings is 6. The zero-order chi connectivity index (χ0) is 38.4. The molecule has 55 heavy (non-hydrogen) atoms. The number of amides is 5. The summed E-state index contributed by atoms with van der Waals surface area (Å²) in [6.45, 7) is 1.65. The SMILES string of the molecule is CNCNC(=O)c1ccc2c(c1)C(=O)N(c1ccc(Oc3cc(Oc4ccc(N5C(=O)c6ccc(C(C)=O)cc6C5=O)cc4)c4ccccc4c3)cc1)C2=O. The van der Waals surface area contributed by atoms with E-state index in [9.17, 15) is 28.8 Å². The van der Waals surface area contributed by atoms with Crippen LogP contribution in [-0.2, 0) is 0 Å². The number of ether oxygens (including phenoxy) is 2. The minimum atomic E-state index is -0.534. The van der Waals surface area contributed by atoms with Crippen molar-refractivity contribution in [3.05, 3.63) is 155 Å². The van der Waals surface area contributed by atoms with Crippen LogP contribution in [0.2, 0.25) is 0 Å². The van der Waals surface area contributed by atoms with Gasteiger partial charge < -0.3 is 20.1 Å². The van der Waals surface area contributed by atoms with Gasteiger partial charge in [-0.3, -0.25) is 28.8 Å². The first-order chi connectivity index (χ1) is 26.6. The second-order valence-electron chi connectivity index (χ2n) is 12.8. The van der Waals surface area contributed by atoms with Gasteiger partial charge in [-0.2, -0.15) is 0 Å². The molecule has 0 bridgehead atoms. The number of nitrogens with one attached hydrogen (secondary N) is 2. The Morgan fingerprint density at radius 2 is 1.09 bits per heavy atom. The average Bonchev–Trinajstić information content (AvgIpc) is 3.60. The average molecular weight is 731 g/mol. The molecule has 270 valence electrons. The molecule has 0 radical (unpaired) electrons. The van der Waals surface area contributed by atoms with E-state index >= 15 is 0 Å². The highest BCUT2D eigenvalue weighted by Gasteiger charge is 2.38. The molecule has 0 aliphatic carbocycles. The monoisotopic (exact) mass is 730 g/mol. The van der Waals surface area contributed by atoms with Gasteiger partial charge in [-0.1, -0.05) is 30.3 Å². The van der Waals surface area contributed by atoms with Crippen molar-refractivity contribution < 1.29 is 38.2 Å². The van der Waals surface area contributed by atoms with E-state index in [1.165, 1.54) is 43.3 Å². The molecule has 2 aliphatic heterocycles. The maximum absolute atomic E-state index is 13.4. The number of rotatable bonds is 10. The largest absolute Gasteiger partial charge is 0.457 e. The number of imide groups is 2. The summed E-state index contributed by atoms with van der Waals surface area (Å²) in [5, 5.41) is 7.14. The van der Waals surface area contributed by atoms with Crippen LogP contribution < -0.4 is 29.9 Å². The molecule has 0 fully saturated rings. The lowest BCUT2D eigenvalue weighted by Gasteiger charge is -2.16. The molecule has 6 aromatic rings. The van der Waals surface area contributed by atoms with Gasteiger partial charge in [0.2, 0.25) is 0 Å². The van der Waals surface area contributed by atoms with Crippen molar-refractivity contribution in [2.75, 3.05) is 23.5 Å². The number of hydrogen-bond donors (Lipinski definition) is 2. The minimum absolute atomic E-state index is 0.147. The fraction of sp³-hybridized carbons (Fsp3) is 0.0698. The minimum Gasteiger partial charge on any atom is -0.457 e. The Morgan fingerprint density at radius 3 is 1.67 bits per heavy atom. The van der Waals surface area contributed by atoms with Crippen LogP contribution in [0.1, 0.15) is 69.1 Å². The van der Waals surface area contributed by atoms with Gasteiger partial charge in [-0.25, -0.2) is 9.80 Å². The van der Waals surface area contributed by atoms with Crippen LogP contribution >= 0.6 is 0 Å². The third-order valence-electron chi connectivity index (χ3n) is 9.32. The maximum Gasteiger partial charge on any atom is 0.266 e. The molecule has 0 saturated heterocycles. The smallest absolute Gasteiger partial charge is 0.266 e. The van der Waals surface area contributed by atoms with Crippen molar-refractivity contribution in [1.82, 2.24) is 10.6 Å². The lowest BCUT2D eigenvalue weighted by atomic mass is 10.0. The number of carbonyl (C=O) groups excluding carboxylic acids is 6. The standard InChI is InChI=1S/C43H30N4O8/c1-24(48)25-7-17-34-36(20-25)42(52)46(40(34)50)29-11-15-31(16-12-29)55-38-22-32(19-26-5-3-4-6-33(26)38)54-30-13-9-28(10-14-30)47-41(51)35-18-8-27(21-37(35)43(47)53)39(49)45-23-44-2/h3-22,44H,23H2,1-2H3,(H,45,49). The van der Waals surface area contributed by atoms with E-state index in [0.717, 1.165) is 20.6 Å². The lowest BCUT2D eigenvalue weighted by molar-refractivity contribution is 0.0910. The quantitative estimate of drug-likeness (QED) is 0.0852. The lowest BCUT2D eigenvalue weighted by Crippen LogP contribution is -2.31. The Labute approximate surface area is 313 Å². The number of nitrogens with zero attached hydrogens (tertiary/aromatic N) is 2. The molecular formula is C43H30N4O8. The second kappa shape index (κ2) is 13.8. The Hall–Kier alpha value is -7.44. The van der Waals surface area contributed by atoms with E-state index in [1.807, 2.05) is 30.3 Å². The molecule has 0 spiro atoms. The highest BCUT2D eigenvalue weighted by Crippen LogP contribution is 2.38. The first kappa shape index (κ1) is 34.6. The fourth-order valence-corrected chi connectivity index (χ4v) is 6.56. The van der Waals surface area contributed by atoms with Gasteiger partial charge >= 0.3 is 0 Å². The van der Waals surface area contributed by atoms with Crippen LogP contribution in [0.5, 0.6) is 23.0 Å². The molecule has 0 saturated carbocycles. The van der Waals surface area contributed by atoms with Crippen LogP contribution in [-0.4, -0.2) is 49.0 Å². The predicted octanol–water partition coefficient (Wildman–Crippen LogP) is 7.13. The van der Waals surface area contributed by atoms with Gasteiger partial charge in [0.25, 0.3) is 29.5 Å². The van der Waals surface area contributed by atoms with Crippen molar-refractivity contribution in [2.24, 2.45) is 0 Å². The van der Waals surface area contributed by atoms with E-state index in [4.69, 9.17) is 9.47 Å². The van der Waals surface area contributed by atoms with Crippen LogP contribution in [0.4, 0.5) is 11.4 Å². The van der Waals surface area contributed by atoms with Crippen LogP contribution in [0, 0.1) is 0 Å². The number of anilines is 2. The zero-order valence-electron chi connectivity index (χ0n) is 29.4. The third kappa shape index (κ3) is 6.26. The molecule has 5 amide bonds. The topological polar surface area (TPSA) is 151 Å². The number of ketones is 1. The van der Waals surface area contributed by atoms with E-state index in [0.29, 0.717) is 39.9 Å². The van der Waals surface area contributed by atoms with Crippen LogP contribution in [0.25, 0.3) is 10.8 Å². The summed E-state index contributed by atoms with van der Waals surface area (Å²) in [4.78, 5) is 79.4. The van der Waals surface area contributed by atoms with E-state index < -0.39 is 23.6 Å². The molecule has 8 rings (SSSR count). The van der Waals surface area contributed by atoms with Gasteiger partial charge in [0.15, 0.2) is 5.78 Å². The van der Waals surface area contributed by atoms with Crippen molar-refractivity contribution in [3.63, 3.8) is 0 Å².